The van der Waals surface area contributed by atoms with E-state index >= 15 is 8.78 Å². The van der Waals surface area contributed by atoms with Crippen molar-refractivity contribution in [3.63, 3.8) is 0 Å². The molecular formula is C92H104F4N12O4. The van der Waals surface area contributed by atoms with Gasteiger partial charge in [-0.15, -0.1) is 0 Å². The van der Waals surface area contributed by atoms with Gasteiger partial charge in [0.1, 0.15) is 45.7 Å². The quantitative estimate of drug-likeness (QED) is 0.0857. The van der Waals surface area contributed by atoms with Crippen molar-refractivity contribution in [2.75, 3.05) is 52.4 Å². The average molecular weight is 1520 g/mol. The summed E-state index contributed by atoms with van der Waals surface area (Å²) >= 11 is 0. The van der Waals surface area contributed by atoms with E-state index in [1.807, 2.05) is 94.6 Å². The molecule has 0 amide bonds. The summed E-state index contributed by atoms with van der Waals surface area (Å²) in [6, 6.07) is 30.4. The van der Waals surface area contributed by atoms with Crippen LogP contribution in [-0.4, -0.2) is 131 Å². The molecule has 20 rings (SSSR count). The van der Waals surface area contributed by atoms with E-state index < -0.39 is 22.4 Å². The third kappa shape index (κ3) is 13.8. The van der Waals surface area contributed by atoms with Crippen LogP contribution in [0.25, 0.3) is 43.6 Å². The van der Waals surface area contributed by atoms with Crippen molar-refractivity contribution < 1.29 is 38.0 Å². The Kier molecular flexibility index (Phi) is 20.1. The molecule has 8 aliphatic rings. The van der Waals surface area contributed by atoms with E-state index in [0.717, 1.165) is 181 Å². The van der Waals surface area contributed by atoms with E-state index in [4.69, 9.17) is 0 Å². The van der Waals surface area contributed by atoms with Gasteiger partial charge in [-0.3, -0.25) is 39.5 Å². The van der Waals surface area contributed by atoms with E-state index in [2.05, 4.69) is 65.4 Å². The highest BCUT2D eigenvalue weighted by Gasteiger charge is 2.43. The molecule has 0 aliphatic carbocycles. The van der Waals surface area contributed by atoms with Crippen LogP contribution in [0.15, 0.2) is 147 Å². The number of aromatic nitrogens is 8. The van der Waals surface area contributed by atoms with Gasteiger partial charge in [-0.05, 0) is 273 Å². The molecule has 4 saturated heterocycles. The molecule has 0 radical (unpaired) electrons. The second kappa shape index (κ2) is 29.8. The van der Waals surface area contributed by atoms with Gasteiger partial charge in [0.2, 0.25) is 0 Å². The van der Waals surface area contributed by atoms with Crippen molar-refractivity contribution in [3.05, 3.63) is 259 Å². The number of halogens is 4. The fourth-order valence-electron chi connectivity index (χ4n) is 21.1. The molecule has 12 aromatic rings. The fourth-order valence-corrected chi connectivity index (χ4v) is 21.1. The summed E-state index contributed by atoms with van der Waals surface area (Å²) in [5.74, 6) is -0.754. The number of hydrogen-bond acceptors (Lipinski definition) is 12. The highest BCUT2D eigenvalue weighted by atomic mass is 19.1. The van der Waals surface area contributed by atoms with Crippen molar-refractivity contribution >= 4 is 43.6 Å². The highest BCUT2D eigenvalue weighted by Crippen LogP contribution is 2.50. The molecule has 8 aromatic heterocycles. The Morgan fingerprint density at radius 2 is 0.643 bits per heavy atom. The molecule has 20 heteroatoms. The Balaban J connectivity index is 0.000000108. The lowest BCUT2D eigenvalue weighted by atomic mass is 9.94. The van der Waals surface area contributed by atoms with E-state index in [0.29, 0.717) is 61.4 Å². The first-order valence-electron chi connectivity index (χ1n) is 40.5. The fraction of sp³-hybridized carbons (Fsp3) is 0.435. The molecule has 0 saturated carbocycles. The monoisotopic (exact) mass is 1520 g/mol. The molecule has 8 unspecified atom stereocenters. The molecule has 0 spiro atoms. The molecular weight excluding hydrogens is 1410 g/mol. The van der Waals surface area contributed by atoms with Crippen molar-refractivity contribution in [1.29, 1.82) is 0 Å². The smallest absolute Gasteiger partial charge is 0.147 e. The summed E-state index contributed by atoms with van der Waals surface area (Å²) in [7, 11) is 0. The third-order valence-electron chi connectivity index (χ3n) is 26.1. The zero-order chi connectivity index (χ0) is 77.9. The van der Waals surface area contributed by atoms with Gasteiger partial charge in [-0.1, -0.05) is 12.1 Å². The molecule has 4 N–H and O–H groups in total. The predicted octanol–water partition coefficient (Wildman–Crippen LogP) is 16.3. The summed E-state index contributed by atoms with van der Waals surface area (Å²) < 4.78 is 67.7. The average Bonchev–Trinajstić information content (AvgIpc) is 1.61. The number of rotatable bonds is 12. The van der Waals surface area contributed by atoms with Crippen LogP contribution in [0.1, 0.15) is 193 Å². The molecule has 16 nitrogen and oxygen atoms in total. The minimum atomic E-state index is -1.13. The van der Waals surface area contributed by atoms with Crippen LogP contribution < -0.4 is 0 Å². The van der Waals surface area contributed by atoms with Crippen molar-refractivity contribution in [2.45, 2.75) is 205 Å². The maximum Gasteiger partial charge on any atom is 0.147 e. The Morgan fingerprint density at radius 1 is 0.348 bits per heavy atom. The number of fused-ring (bicyclic) bond motifs is 20. The summed E-state index contributed by atoms with van der Waals surface area (Å²) in [5, 5.41) is 49.2. The van der Waals surface area contributed by atoms with Gasteiger partial charge in [-0.25, -0.2) is 17.6 Å². The molecule has 4 aromatic carbocycles. The van der Waals surface area contributed by atoms with E-state index in [1.54, 1.807) is 99.8 Å². The lowest BCUT2D eigenvalue weighted by Crippen LogP contribution is -2.33. The standard InChI is InChI=1S/4C23H26FN3O/c1-15-11-17(24)12-18-21-19-6-4-9-26(19)10-7-20(21)27(22(15)18)14-23(2,28)16-5-3-8-25-13-16;1-15-11-17-21-19-6-4-9-26(19)10-7-20(21)27(22(17)18(24)12-15)14-23(2,28)16-5-3-8-25-13-16;1-15-12-17(24)13-18-21-19-4-3-10-26(19)11-7-20(21)27(22(15)18)14-23(2,28)16-5-8-25-9-6-16;1-15-12-17-21-19-4-3-10-26(19)11-7-20(21)27(22(17)18(24)13-15)14-23(2,28)16-5-8-25-9-6-16/h2*3,5,8,11-13,19,28H,4,6-7,9-10,14H2,1-2H3;2*5-6,8-9,12-13,19,28H,3-4,7,10-11,14H2,1-2H3. The van der Waals surface area contributed by atoms with E-state index in [-0.39, 0.29) is 23.3 Å². The number of aryl methyl sites for hydroxylation is 4. The van der Waals surface area contributed by atoms with Crippen molar-refractivity contribution in [3.8, 4) is 0 Å². The molecule has 584 valence electrons. The largest absolute Gasteiger partial charge is 0.384 e. The minimum Gasteiger partial charge on any atom is -0.384 e. The lowest BCUT2D eigenvalue weighted by molar-refractivity contribution is 0.0375. The van der Waals surface area contributed by atoms with E-state index in [1.165, 1.54) is 70.7 Å². The second-order valence-electron chi connectivity index (χ2n) is 34.1. The summed E-state index contributed by atoms with van der Waals surface area (Å²) in [5.41, 5.74) is 16.0. The molecule has 8 atom stereocenters. The first-order valence-corrected chi connectivity index (χ1v) is 40.5. The molecule has 0 bridgehead atoms. The first-order chi connectivity index (χ1) is 53.8. The number of nitrogens with zero attached hydrogens (tertiary/aromatic N) is 12. The lowest BCUT2D eigenvalue weighted by Gasteiger charge is -2.32. The molecule has 8 aliphatic heterocycles. The summed E-state index contributed by atoms with van der Waals surface area (Å²) in [6.07, 6.45) is 26.6. The van der Waals surface area contributed by atoms with Gasteiger partial charge < -0.3 is 38.7 Å². The third-order valence-corrected chi connectivity index (χ3v) is 26.1. The van der Waals surface area contributed by atoms with Crippen LogP contribution in [-0.2, 0) is 74.3 Å². The topological polar surface area (TPSA) is 165 Å². The number of benzene rings is 4. The Hall–Kier alpha value is -8.96. The Bertz CT molecular complexity index is 4840. The zero-order valence-corrected chi connectivity index (χ0v) is 65.8. The summed E-state index contributed by atoms with van der Waals surface area (Å²) in [4.78, 5) is 26.6. The zero-order valence-electron chi connectivity index (χ0n) is 65.8. The van der Waals surface area contributed by atoms with Crippen LogP contribution in [0.3, 0.4) is 0 Å². The Morgan fingerprint density at radius 3 is 0.946 bits per heavy atom. The maximum atomic E-state index is 15.2. The molecule has 112 heavy (non-hydrogen) atoms. The summed E-state index contributed by atoms with van der Waals surface area (Å²) in [6.45, 7) is 25.2. The van der Waals surface area contributed by atoms with E-state index in [9.17, 15) is 29.2 Å². The maximum absolute atomic E-state index is 15.2. The van der Waals surface area contributed by atoms with Crippen molar-refractivity contribution in [2.24, 2.45) is 0 Å². The highest BCUT2D eigenvalue weighted by molar-refractivity contribution is 5.92. The van der Waals surface area contributed by atoms with Crippen LogP contribution in [0.4, 0.5) is 17.6 Å². The van der Waals surface area contributed by atoms with Gasteiger partial charge >= 0.3 is 0 Å². The van der Waals surface area contributed by atoms with Gasteiger partial charge in [0.25, 0.3) is 0 Å². The SMILES string of the molecule is Cc1cc(F)c2c(c1)c1c(n2CC(C)(O)c2cccnc2)CCN2CCCC12.Cc1cc(F)c2c(c1)c1c(n2CC(C)(O)c2ccncc2)CCN2CCCC12.Cc1cc(F)cc2c3c(n(CC(C)(O)c4cccnc4)c12)CCN1CCCC31.Cc1cc(F)cc2c3c(n(CC(C)(O)c4ccncc4)c12)CCN1CCCC31. The second-order valence-corrected chi connectivity index (χ2v) is 34.1. The van der Waals surface area contributed by atoms with Gasteiger partial charge in [-0.2, -0.15) is 0 Å². The molecule has 4 fully saturated rings. The first kappa shape index (κ1) is 75.7. The van der Waals surface area contributed by atoms with Gasteiger partial charge in [0.05, 0.1) is 48.2 Å². The predicted molar refractivity (Wildman–Crippen MR) is 431 cm³/mol. The minimum absolute atomic E-state index is 0.180. The number of hydrogen-bond donors (Lipinski definition) is 4. The van der Waals surface area contributed by atoms with Crippen LogP contribution in [0, 0.1) is 51.0 Å². The number of pyridine rings is 4. The number of aliphatic hydroxyl groups is 4. The van der Waals surface area contributed by atoms with Crippen LogP contribution in [0.2, 0.25) is 0 Å². The molecule has 16 heterocycles. The van der Waals surface area contributed by atoms with Crippen LogP contribution in [0.5, 0.6) is 0 Å². The van der Waals surface area contributed by atoms with Gasteiger partial charge in [0, 0.05) is 181 Å². The normalized spacial score (nSPS) is 21.5. The van der Waals surface area contributed by atoms with Crippen molar-refractivity contribution in [1.82, 2.24) is 57.8 Å². The Labute approximate surface area is 653 Å². The van der Waals surface area contributed by atoms with Crippen LogP contribution >= 0.6 is 0 Å². The van der Waals surface area contributed by atoms with Gasteiger partial charge in [0.15, 0.2) is 0 Å².